The number of likely N-dealkylation sites (tertiary alicyclic amines) is 1. The molecule has 0 aromatic heterocycles. The van der Waals surface area contributed by atoms with Gasteiger partial charge in [-0.15, -0.1) is 0 Å². The van der Waals surface area contributed by atoms with Crippen LogP contribution < -0.4 is 20.1 Å². The van der Waals surface area contributed by atoms with Gasteiger partial charge < -0.3 is 25.0 Å². The average molecular weight is 304 g/mol. The Bertz CT molecular complexity index is 547. The lowest BCUT2D eigenvalue weighted by Crippen LogP contribution is -2.43. The number of rotatable bonds is 4. The first-order valence-corrected chi connectivity index (χ1v) is 7.79. The maximum absolute atomic E-state index is 5.40. The highest BCUT2D eigenvalue weighted by Gasteiger charge is 2.20. The van der Waals surface area contributed by atoms with Crippen LogP contribution in [-0.2, 0) is 6.54 Å². The van der Waals surface area contributed by atoms with Crippen molar-refractivity contribution in [2.75, 3.05) is 34.0 Å². The van der Waals surface area contributed by atoms with Gasteiger partial charge in [-0.3, -0.25) is 4.99 Å². The van der Waals surface area contributed by atoms with E-state index in [-0.39, 0.29) is 0 Å². The molecule has 0 aliphatic carbocycles. The van der Waals surface area contributed by atoms with Gasteiger partial charge >= 0.3 is 0 Å². The van der Waals surface area contributed by atoms with Crippen LogP contribution in [0.15, 0.2) is 23.2 Å². The smallest absolute Gasteiger partial charge is 0.231 e. The maximum Gasteiger partial charge on any atom is 0.231 e. The molecule has 1 saturated heterocycles. The van der Waals surface area contributed by atoms with Gasteiger partial charge in [0.15, 0.2) is 17.5 Å². The minimum atomic E-state index is 0.310. The highest BCUT2D eigenvalue weighted by molar-refractivity contribution is 5.79. The van der Waals surface area contributed by atoms with Crippen molar-refractivity contribution in [3.8, 4) is 11.5 Å². The fourth-order valence-electron chi connectivity index (χ4n) is 2.91. The molecule has 0 bridgehead atoms. The van der Waals surface area contributed by atoms with Crippen LogP contribution >= 0.6 is 0 Å². The number of hydrogen-bond acceptors (Lipinski definition) is 4. The van der Waals surface area contributed by atoms with E-state index in [0.29, 0.717) is 19.4 Å². The predicted octanol–water partition coefficient (Wildman–Crippen LogP) is 1.17. The zero-order chi connectivity index (χ0) is 15.4. The number of guanidine groups is 1. The van der Waals surface area contributed by atoms with Crippen molar-refractivity contribution in [3.05, 3.63) is 23.8 Å². The van der Waals surface area contributed by atoms with Gasteiger partial charge in [-0.2, -0.15) is 0 Å². The molecule has 2 aliphatic heterocycles. The normalized spacial score (nSPS) is 21.2. The van der Waals surface area contributed by atoms with E-state index in [1.165, 1.54) is 19.4 Å². The number of hydrogen-bond donors (Lipinski definition) is 2. The minimum absolute atomic E-state index is 0.310. The van der Waals surface area contributed by atoms with Crippen molar-refractivity contribution in [2.24, 2.45) is 4.99 Å². The van der Waals surface area contributed by atoms with Crippen LogP contribution in [0.25, 0.3) is 0 Å². The summed E-state index contributed by atoms with van der Waals surface area (Å²) in [4.78, 5) is 6.68. The van der Waals surface area contributed by atoms with Crippen molar-refractivity contribution in [2.45, 2.75) is 25.4 Å². The number of likely N-dealkylation sites (N-methyl/N-ethyl adjacent to an activating group) is 1. The molecule has 6 heteroatoms. The third-order valence-corrected chi connectivity index (χ3v) is 4.30. The first kappa shape index (κ1) is 15.0. The van der Waals surface area contributed by atoms with Gasteiger partial charge in [0.25, 0.3) is 0 Å². The molecule has 1 atom stereocenters. The molecule has 0 radical (unpaired) electrons. The highest BCUT2D eigenvalue weighted by Crippen LogP contribution is 2.32. The molecule has 0 saturated carbocycles. The quantitative estimate of drug-likeness (QED) is 0.646. The first-order valence-electron chi connectivity index (χ1n) is 7.79. The van der Waals surface area contributed by atoms with Gasteiger partial charge in [0.1, 0.15) is 0 Å². The molecular weight excluding hydrogens is 280 g/mol. The van der Waals surface area contributed by atoms with E-state index in [1.54, 1.807) is 7.05 Å². The topological polar surface area (TPSA) is 58.1 Å². The van der Waals surface area contributed by atoms with E-state index in [1.807, 2.05) is 18.2 Å². The summed E-state index contributed by atoms with van der Waals surface area (Å²) in [6.45, 7) is 3.13. The number of ether oxygens (including phenoxy) is 2. The van der Waals surface area contributed by atoms with Crippen molar-refractivity contribution < 1.29 is 9.47 Å². The predicted molar refractivity (Wildman–Crippen MR) is 86.4 cm³/mol. The lowest BCUT2D eigenvalue weighted by molar-refractivity contribution is 0.174. The molecule has 2 heterocycles. The summed E-state index contributed by atoms with van der Waals surface area (Å²) >= 11 is 0. The van der Waals surface area contributed by atoms with Crippen molar-refractivity contribution >= 4 is 5.96 Å². The van der Waals surface area contributed by atoms with E-state index in [0.717, 1.165) is 29.6 Å². The fraction of sp³-hybridized carbons (Fsp3) is 0.562. The van der Waals surface area contributed by atoms with Crippen LogP contribution in [0.2, 0.25) is 0 Å². The van der Waals surface area contributed by atoms with E-state index < -0.39 is 0 Å². The molecule has 1 aromatic carbocycles. The molecule has 1 fully saturated rings. The standard InChI is InChI=1S/C16H24N4O2/c1-17-16(19-10-13-4-3-7-20(13)2)18-9-12-5-6-14-15(8-12)22-11-21-14/h5-6,8,13H,3-4,7,9-11H2,1-2H3,(H2,17,18,19). The summed E-state index contributed by atoms with van der Waals surface area (Å²) in [7, 11) is 3.98. The van der Waals surface area contributed by atoms with Crippen LogP contribution in [0.5, 0.6) is 11.5 Å². The summed E-state index contributed by atoms with van der Waals surface area (Å²) in [5.41, 5.74) is 1.14. The minimum Gasteiger partial charge on any atom is -0.454 e. The Morgan fingerprint density at radius 3 is 2.95 bits per heavy atom. The average Bonchev–Trinajstić information content (AvgIpc) is 3.15. The van der Waals surface area contributed by atoms with Gasteiger partial charge in [0, 0.05) is 26.2 Å². The SMILES string of the molecule is CN=C(NCc1ccc2c(c1)OCO2)NCC1CCCN1C. The zero-order valence-electron chi connectivity index (χ0n) is 13.3. The molecule has 1 aromatic rings. The van der Waals surface area contributed by atoms with E-state index >= 15 is 0 Å². The van der Waals surface area contributed by atoms with Crippen molar-refractivity contribution in [3.63, 3.8) is 0 Å². The Kier molecular flexibility index (Phi) is 4.68. The number of nitrogens with one attached hydrogen (secondary N) is 2. The Morgan fingerprint density at radius 1 is 1.32 bits per heavy atom. The third-order valence-electron chi connectivity index (χ3n) is 4.30. The number of fused-ring (bicyclic) bond motifs is 1. The van der Waals surface area contributed by atoms with Crippen LogP contribution in [0, 0.1) is 0 Å². The Morgan fingerprint density at radius 2 is 2.18 bits per heavy atom. The van der Waals surface area contributed by atoms with Crippen molar-refractivity contribution in [1.29, 1.82) is 0 Å². The van der Waals surface area contributed by atoms with Gasteiger partial charge in [-0.1, -0.05) is 6.07 Å². The number of benzene rings is 1. The largest absolute Gasteiger partial charge is 0.454 e. The summed E-state index contributed by atoms with van der Waals surface area (Å²) < 4.78 is 10.7. The third kappa shape index (κ3) is 3.44. The molecule has 120 valence electrons. The Balaban J connectivity index is 1.48. The summed E-state index contributed by atoms with van der Waals surface area (Å²) in [5, 5.41) is 6.75. The highest BCUT2D eigenvalue weighted by atomic mass is 16.7. The number of nitrogens with zero attached hydrogens (tertiary/aromatic N) is 2. The fourth-order valence-corrected chi connectivity index (χ4v) is 2.91. The van der Waals surface area contributed by atoms with E-state index in [4.69, 9.17) is 9.47 Å². The zero-order valence-corrected chi connectivity index (χ0v) is 13.3. The maximum atomic E-state index is 5.40. The van der Waals surface area contributed by atoms with Gasteiger partial charge in [0.2, 0.25) is 6.79 Å². The molecule has 2 aliphatic rings. The van der Waals surface area contributed by atoms with Crippen molar-refractivity contribution in [1.82, 2.24) is 15.5 Å². The second-order valence-corrected chi connectivity index (χ2v) is 5.77. The Labute approximate surface area is 131 Å². The van der Waals surface area contributed by atoms with Crippen LogP contribution in [0.1, 0.15) is 18.4 Å². The van der Waals surface area contributed by atoms with E-state index in [9.17, 15) is 0 Å². The summed E-state index contributed by atoms with van der Waals surface area (Å²) in [6.07, 6.45) is 2.54. The van der Waals surface area contributed by atoms with Crippen LogP contribution in [-0.4, -0.2) is 50.9 Å². The molecule has 22 heavy (non-hydrogen) atoms. The monoisotopic (exact) mass is 304 g/mol. The molecule has 3 rings (SSSR count). The summed E-state index contributed by atoms with van der Waals surface area (Å²) in [6, 6.07) is 6.60. The molecule has 0 spiro atoms. The lowest BCUT2D eigenvalue weighted by atomic mass is 10.2. The van der Waals surface area contributed by atoms with Gasteiger partial charge in [-0.05, 0) is 44.1 Å². The molecular formula is C16H24N4O2. The molecule has 6 nitrogen and oxygen atoms in total. The molecule has 0 amide bonds. The lowest BCUT2D eigenvalue weighted by Gasteiger charge is -2.21. The second kappa shape index (κ2) is 6.87. The Hall–Kier alpha value is -1.95. The molecule has 1 unspecified atom stereocenters. The van der Waals surface area contributed by atoms with Gasteiger partial charge in [0.05, 0.1) is 0 Å². The number of aliphatic imine (C=N–C) groups is 1. The summed E-state index contributed by atoms with van der Waals surface area (Å²) in [5.74, 6) is 2.46. The second-order valence-electron chi connectivity index (χ2n) is 5.77. The van der Waals surface area contributed by atoms with E-state index in [2.05, 4.69) is 27.6 Å². The molecule has 2 N–H and O–H groups in total. The van der Waals surface area contributed by atoms with Crippen LogP contribution in [0.3, 0.4) is 0 Å². The van der Waals surface area contributed by atoms with Gasteiger partial charge in [-0.25, -0.2) is 0 Å². The first-order chi connectivity index (χ1) is 10.8. The van der Waals surface area contributed by atoms with Crippen LogP contribution in [0.4, 0.5) is 0 Å².